The first kappa shape index (κ1) is 18.7. The van der Waals surface area contributed by atoms with Crippen LogP contribution in [0.3, 0.4) is 0 Å². The highest BCUT2D eigenvalue weighted by molar-refractivity contribution is 5.96. The molecule has 4 nitrogen and oxygen atoms in total. The smallest absolute Gasteiger partial charge is 0.316 e. The van der Waals surface area contributed by atoms with Gasteiger partial charge in [0.05, 0.1) is 5.41 Å². The predicted molar refractivity (Wildman–Crippen MR) is 99.6 cm³/mol. The highest BCUT2D eigenvalue weighted by atomic mass is 16.5. The van der Waals surface area contributed by atoms with Crippen LogP contribution in [0.5, 0.6) is 0 Å². The van der Waals surface area contributed by atoms with Gasteiger partial charge in [-0.15, -0.1) is 0 Å². The zero-order chi connectivity index (χ0) is 18.6. The van der Waals surface area contributed by atoms with Gasteiger partial charge in [0.2, 0.25) is 0 Å². The highest BCUT2D eigenvalue weighted by Crippen LogP contribution is 2.25. The fourth-order valence-corrected chi connectivity index (χ4v) is 2.44. The molecule has 0 spiro atoms. The molecule has 0 unspecified atom stereocenters. The summed E-state index contributed by atoms with van der Waals surface area (Å²) in [6.45, 7) is 9.05. The highest BCUT2D eigenvalue weighted by Gasteiger charge is 2.33. The van der Waals surface area contributed by atoms with Crippen LogP contribution >= 0.6 is 0 Å². The van der Waals surface area contributed by atoms with Crippen molar-refractivity contribution < 1.29 is 14.3 Å². The third-order valence-corrected chi connectivity index (χ3v) is 4.31. The normalized spacial score (nSPS) is 12.4. The van der Waals surface area contributed by atoms with Crippen molar-refractivity contribution in [3.63, 3.8) is 0 Å². The van der Waals surface area contributed by atoms with Gasteiger partial charge in [0.25, 0.3) is 5.91 Å². The Morgan fingerprint density at radius 2 is 1.68 bits per heavy atom. The maximum Gasteiger partial charge on any atom is 0.316 e. The number of rotatable bonds is 5. The number of carbonyl (C=O) groups is 2. The molecule has 2 rings (SSSR count). The van der Waals surface area contributed by atoms with Crippen LogP contribution in [0, 0.1) is 13.8 Å². The summed E-state index contributed by atoms with van der Waals surface area (Å²) in [6, 6.07) is 15.2. The lowest BCUT2D eigenvalue weighted by Gasteiger charge is -2.25. The van der Waals surface area contributed by atoms with E-state index in [1.165, 1.54) is 0 Å². The molecule has 0 radical (unpaired) electrons. The molecule has 1 N–H and O–H groups in total. The Kier molecular flexibility index (Phi) is 5.62. The first-order valence-electron chi connectivity index (χ1n) is 8.36. The van der Waals surface area contributed by atoms with Gasteiger partial charge in [-0.05, 0) is 57.4 Å². The van der Waals surface area contributed by atoms with Crippen LogP contribution in [0.4, 0.5) is 5.69 Å². The van der Waals surface area contributed by atoms with Gasteiger partial charge in [-0.2, -0.15) is 0 Å². The van der Waals surface area contributed by atoms with Crippen LogP contribution in [0.2, 0.25) is 0 Å². The van der Waals surface area contributed by atoms with Crippen molar-refractivity contribution in [3.8, 4) is 0 Å². The molecule has 0 heterocycles. The minimum atomic E-state index is -0.879. The Morgan fingerprint density at radius 1 is 1.04 bits per heavy atom. The van der Waals surface area contributed by atoms with E-state index >= 15 is 0 Å². The van der Waals surface area contributed by atoms with E-state index in [0.29, 0.717) is 0 Å². The number of hydrogen-bond donors (Lipinski definition) is 1. The molecule has 0 fully saturated rings. The molecule has 0 bridgehead atoms. The van der Waals surface area contributed by atoms with Gasteiger partial charge in [-0.25, -0.2) is 0 Å². The largest absolute Gasteiger partial charge is 0.452 e. The first-order chi connectivity index (χ1) is 11.7. The molecule has 0 saturated carbocycles. The lowest BCUT2D eigenvalue weighted by molar-refractivity contribution is -0.158. The number of amides is 1. The van der Waals surface area contributed by atoms with Crippen LogP contribution in [-0.4, -0.2) is 18.0 Å². The monoisotopic (exact) mass is 339 g/mol. The molecule has 0 aliphatic heterocycles. The van der Waals surface area contributed by atoms with Crippen LogP contribution in [0.15, 0.2) is 48.5 Å². The van der Waals surface area contributed by atoms with Gasteiger partial charge in [-0.1, -0.05) is 42.5 Å². The maximum atomic E-state index is 12.6. The Hall–Kier alpha value is -2.62. The summed E-state index contributed by atoms with van der Waals surface area (Å²) < 4.78 is 5.42. The number of carbonyl (C=O) groups excluding carboxylic acids is 2. The van der Waals surface area contributed by atoms with E-state index in [1.807, 2.05) is 62.4 Å². The van der Waals surface area contributed by atoms with Crippen LogP contribution in [-0.2, 0) is 19.7 Å². The minimum absolute atomic E-state index is 0.342. The molecule has 25 heavy (non-hydrogen) atoms. The second-order valence-electron chi connectivity index (χ2n) is 6.85. The van der Waals surface area contributed by atoms with E-state index in [9.17, 15) is 9.59 Å². The number of ether oxygens (including phenoxy) is 1. The van der Waals surface area contributed by atoms with Gasteiger partial charge >= 0.3 is 5.97 Å². The second-order valence-corrected chi connectivity index (χ2v) is 6.85. The molecule has 4 heteroatoms. The standard InChI is InChI=1S/C21H25NO3/c1-14-11-12-15(2)18(13-14)22-19(23)16(3)25-20(24)21(4,5)17-9-7-6-8-10-17/h6-13,16H,1-5H3,(H,22,23)/t16-/m1/s1. The van der Waals surface area contributed by atoms with E-state index in [-0.39, 0.29) is 5.91 Å². The molecule has 0 saturated heterocycles. The number of nitrogens with one attached hydrogen (secondary N) is 1. The van der Waals surface area contributed by atoms with Crippen molar-refractivity contribution in [3.05, 3.63) is 65.2 Å². The van der Waals surface area contributed by atoms with Gasteiger partial charge in [0, 0.05) is 5.69 Å². The lowest BCUT2D eigenvalue weighted by Crippen LogP contribution is -2.37. The number of anilines is 1. The average Bonchev–Trinajstić information content (AvgIpc) is 2.58. The van der Waals surface area contributed by atoms with Crippen LogP contribution in [0.1, 0.15) is 37.5 Å². The van der Waals surface area contributed by atoms with E-state index in [0.717, 1.165) is 22.4 Å². The number of hydrogen-bond acceptors (Lipinski definition) is 3. The Morgan fingerprint density at radius 3 is 2.32 bits per heavy atom. The summed E-state index contributed by atoms with van der Waals surface area (Å²) in [5.74, 6) is -0.770. The second kappa shape index (κ2) is 7.51. The van der Waals surface area contributed by atoms with Gasteiger partial charge in [0.1, 0.15) is 0 Å². The van der Waals surface area contributed by atoms with E-state index in [2.05, 4.69) is 5.32 Å². The summed E-state index contributed by atoms with van der Waals surface area (Å²) in [5.41, 5.74) is 2.77. The molecule has 2 aromatic rings. The summed E-state index contributed by atoms with van der Waals surface area (Å²) in [7, 11) is 0. The minimum Gasteiger partial charge on any atom is -0.452 e. The van der Waals surface area contributed by atoms with E-state index in [1.54, 1.807) is 20.8 Å². The molecule has 1 atom stereocenters. The topological polar surface area (TPSA) is 55.4 Å². The number of esters is 1. The Bertz CT molecular complexity index is 766. The summed E-state index contributed by atoms with van der Waals surface area (Å²) >= 11 is 0. The molecule has 0 aliphatic rings. The zero-order valence-corrected chi connectivity index (χ0v) is 15.4. The Balaban J connectivity index is 2.05. The fraction of sp³-hybridized carbons (Fsp3) is 0.333. The van der Waals surface area contributed by atoms with Crippen molar-refractivity contribution in [2.75, 3.05) is 5.32 Å². The molecular formula is C21H25NO3. The summed E-state index contributed by atoms with van der Waals surface area (Å²) in [4.78, 5) is 24.9. The molecule has 0 aromatic heterocycles. The third kappa shape index (κ3) is 4.47. The molecular weight excluding hydrogens is 314 g/mol. The number of aryl methyl sites for hydroxylation is 2. The number of benzene rings is 2. The predicted octanol–water partition coefficient (Wildman–Crippen LogP) is 4.15. The quantitative estimate of drug-likeness (QED) is 0.833. The lowest BCUT2D eigenvalue weighted by atomic mass is 9.85. The van der Waals surface area contributed by atoms with E-state index in [4.69, 9.17) is 4.74 Å². The van der Waals surface area contributed by atoms with Crippen molar-refractivity contribution in [2.45, 2.75) is 46.1 Å². The van der Waals surface area contributed by atoms with Crippen molar-refractivity contribution in [1.82, 2.24) is 0 Å². The van der Waals surface area contributed by atoms with Crippen molar-refractivity contribution in [1.29, 1.82) is 0 Å². The van der Waals surface area contributed by atoms with Gasteiger partial charge < -0.3 is 10.1 Å². The van der Waals surface area contributed by atoms with Crippen LogP contribution < -0.4 is 5.32 Å². The average molecular weight is 339 g/mol. The maximum absolute atomic E-state index is 12.6. The molecule has 132 valence electrons. The zero-order valence-electron chi connectivity index (χ0n) is 15.4. The molecule has 2 aromatic carbocycles. The Labute approximate surface area is 149 Å². The molecule has 1 amide bonds. The van der Waals surface area contributed by atoms with Crippen molar-refractivity contribution >= 4 is 17.6 Å². The molecule has 0 aliphatic carbocycles. The van der Waals surface area contributed by atoms with Crippen LogP contribution in [0.25, 0.3) is 0 Å². The van der Waals surface area contributed by atoms with Crippen molar-refractivity contribution in [2.24, 2.45) is 0 Å². The van der Waals surface area contributed by atoms with Gasteiger partial charge in [0.15, 0.2) is 6.10 Å². The first-order valence-corrected chi connectivity index (χ1v) is 8.36. The third-order valence-electron chi connectivity index (χ3n) is 4.31. The van der Waals surface area contributed by atoms with E-state index < -0.39 is 17.5 Å². The SMILES string of the molecule is Cc1ccc(C)c(NC(=O)[C@@H](C)OC(=O)C(C)(C)c2ccccc2)c1. The summed E-state index contributed by atoms with van der Waals surface area (Å²) in [6.07, 6.45) is -0.879. The fourth-order valence-electron chi connectivity index (χ4n) is 2.44. The summed E-state index contributed by atoms with van der Waals surface area (Å²) in [5, 5.41) is 2.83. The van der Waals surface area contributed by atoms with Gasteiger partial charge in [-0.3, -0.25) is 9.59 Å².